The maximum atomic E-state index is 11.4. The molecule has 0 aliphatic rings. The van der Waals surface area contributed by atoms with Gasteiger partial charge in [0.15, 0.2) is 11.6 Å². The van der Waals surface area contributed by atoms with Crippen LogP contribution in [0.15, 0.2) is 21.5 Å². The van der Waals surface area contributed by atoms with E-state index in [1.807, 2.05) is 6.92 Å². The first-order valence-corrected chi connectivity index (χ1v) is 4.44. The molecule has 2 heterocycles. The number of hydrogen-bond acceptors (Lipinski definition) is 4. The highest BCUT2D eigenvalue weighted by molar-refractivity contribution is 5.52. The predicted molar refractivity (Wildman–Crippen MR) is 53.7 cm³/mol. The van der Waals surface area contributed by atoms with Crippen LogP contribution < -0.4 is 5.56 Å². The Hall–Kier alpha value is -2.04. The van der Waals surface area contributed by atoms with E-state index < -0.39 is 0 Å². The van der Waals surface area contributed by atoms with E-state index >= 15 is 0 Å². The minimum Gasteiger partial charge on any atom is -0.493 e. The lowest BCUT2D eigenvalue weighted by Gasteiger charge is -2.00. The van der Waals surface area contributed by atoms with Crippen molar-refractivity contribution in [2.24, 2.45) is 0 Å². The predicted octanol–water partition coefficient (Wildman–Crippen LogP) is 1.35. The second kappa shape index (κ2) is 3.27. The van der Waals surface area contributed by atoms with E-state index in [1.54, 1.807) is 6.07 Å². The van der Waals surface area contributed by atoms with Gasteiger partial charge in [0.25, 0.3) is 5.56 Å². The number of H-pyrrole nitrogens is 1. The molecule has 5 heteroatoms. The SMILES string of the molecule is Cc1ccoc1-c1nc(O)c(C)c(=O)[nH]1. The molecular weight excluding hydrogens is 196 g/mol. The molecule has 2 rings (SSSR count). The van der Waals surface area contributed by atoms with Gasteiger partial charge in [0.2, 0.25) is 5.88 Å². The molecule has 15 heavy (non-hydrogen) atoms. The van der Waals surface area contributed by atoms with Crippen LogP contribution in [0, 0.1) is 13.8 Å². The topological polar surface area (TPSA) is 79.1 Å². The Morgan fingerprint density at radius 2 is 2.20 bits per heavy atom. The standard InChI is InChI=1S/C10H10N2O3/c1-5-3-4-15-7(5)8-11-9(13)6(2)10(14)12-8/h3-4H,1-2H3,(H2,11,12,13,14). The molecule has 0 aliphatic heterocycles. The zero-order valence-electron chi connectivity index (χ0n) is 8.37. The molecule has 5 nitrogen and oxygen atoms in total. The van der Waals surface area contributed by atoms with E-state index in [-0.39, 0.29) is 22.8 Å². The molecule has 0 aromatic carbocycles. The normalized spacial score (nSPS) is 10.5. The monoisotopic (exact) mass is 206 g/mol. The minimum absolute atomic E-state index is 0.197. The van der Waals surface area contributed by atoms with Crippen molar-refractivity contribution in [1.82, 2.24) is 9.97 Å². The van der Waals surface area contributed by atoms with Crippen molar-refractivity contribution in [1.29, 1.82) is 0 Å². The van der Waals surface area contributed by atoms with Gasteiger partial charge in [-0.05, 0) is 25.5 Å². The van der Waals surface area contributed by atoms with Crippen LogP contribution in [-0.4, -0.2) is 15.1 Å². The maximum Gasteiger partial charge on any atom is 0.257 e. The molecule has 0 saturated heterocycles. The Balaban J connectivity index is 2.66. The molecular formula is C10H10N2O3. The second-order valence-electron chi connectivity index (χ2n) is 3.30. The Bertz CT molecular complexity index is 554. The molecule has 2 N–H and O–H groups in total. The molecule has 0 unspecified atom stereocenters. The van der Waals surface area contributed by atoms with E-state index in [2.05, 4.69) is 9.97 Å². The first-order chi connectivity index (χ1) is 7.09. The average molecular weight is 206 g/mol. The molecule has 2 aromatic heterocycles. The summed E-state index contributed by atoms with van der Waals surface area (Å²) in [5.74, 6) is 0.428. The molecule has 0 saturated carbocycles. The number of aromatic hydroxyl groups is 1. The van der Waals surface area contributed by atoms with Gasteiger partial charge in [-0.3, -0.25) is 4.79 Å². The quantitative estimate of drug-likeness (QED) is 0.738. The van der Waals surface area contributed by atoms with Gasteiger partial charge in [0.05, 0.1) is 11.8 Å². The van der Waals surface area contributed by atoms with Gasteiger partial charge >= 0.3 is 0 Å². The highest BCUT2D eigenvalue weighted by Gasteiger charge is 2.11. The van der Waals surface area contributed by atoms with Crippen molar-refractivity contribution in [3.8, 4) is 17.5 Å². The summed E-state index contributed by atoms with van der Waals surface area (Å²) in [4.78, 5) is 17.8. The fraction of sp³-hybridized carbons (Fsp3) is 0.200. The molecule has 78 valence electrons. The molecule has 0 fully saturated rings. The van der Waals surface area contributed by atoms with Crippen molar-refractivity contribution < 1.29 is 9.52 Å². The van der Waals surface area contributed by atoms with Crippen LogP contribution in [0.25, 0.3) is 11.6 Å². The van der Waals surface area contributed by atoms with Crippen molar-refractivity contribution in [3.63, 3.8) is 0 Å². The van der Waals surface area contributed by atoms with Gasteiger partial charge in [-0.15, -0.1) is 0 Å². The van der Waals surface area contributed by atoms with Gasteiger partial charge in [-0.2, -0.15) is 4.98 Å². The fourth-order valence-corrected chi connectivity index (χ4v) is 1.24. The molecule has 0 atom stereocenters. The summed E-state index contributed by atoms with van der Waals surface area (Å²) in [5, 5.41) is 9.40. The van der Waals surface area contributed by atoms with E-state index in [1.165, 1.54) is 13.2 Å². The first kappa shape index (κ1) is 9.51. The Morgan fingerprint density at radius 3 is 2.73 bits per heavy atom. The number of nitrogens with one attached hydrogen (secondary N) is 1. The summed E-state index contributed by atoms with van der Waals surface area (Å²) in [5.41, 5.74) is 0.678. The number of furan rings is 1. The number of nitrogens with zero attached hydrogens (tertiary/aromatic N) is 1. The lowest BCUT2D eigenvalue weighted by molar-refractivity contribution is 0.445. The van der Waals surface area contributed by atoms with Crippen LogP contribution in [0.1, 0.15) is 11.1 Å². The van der Waals surface area contributed by atoms with Crippen molar-refractivity contribution >= 4 is 0 Å². The lowest BCUT2D eigenvalue weighted by Crippen LogP contribution is -2.12. The third-order valence-corrected chi connectivity index (χ3v) is 2.20. The molecule has 0 bridgehead atoms. The number of rotatable bonds is 1. The molecule has 0 spiro atoms. The summed E-state index contributed by atoms with van der Waals surface area (Å²) in [7, 11) is 0. The summed E-state index contributed by atoms with van der Waals surface area (Å²) in [6, 6.07) is 1.76. The largest absolute Gasteiger partial charge is 0.493 e. The summed E-state index contributed by atoms with van der Waals surface area (Å²) < 4.78 is 5.16. The maximum absolute atomic E-state index is 11.4. The summed E-state index contributed by atoms with van der Waals surface area (Å²) in [6.07, 6.45) is 1.50. The minimum atomic E-state index is -0.367. The number of aromatic amines is 1. The van der Waals surface area contributed by atoms with Gasteiger partial charge in [0.1, 0.15) is 0 Å². The zero-order valence-corrected chi connectivity index (χ0v) is 8.37. The lowest BCUT2D eigenvalue weighted by atomic mass is 10.2. The van der Waals surface area contributed by atoms with Crippen molar-refractivity contribution in [3.05, 3.63) is 33.8 Å². The Morgan fingerprint density at radius 1 is 1.47 bits per heavy atom. The van der Waals surface area contributed by atoms with Crippen LogP contribution in [0.4, 0.5) is 0 Å². The van der Waals surface area contributed by atoms with Crippen LogP contribution in [0.5, 0.6) is 5.88 Å². The van der Waals surface area contributed by atoms with E-state index in [4.69, 9.17) is 4.42 Å². The van der Waals surface area contributed by atoms with Gasteiger partial charge in [-0.1, -0.05) is 0 Å². The van der Waals surface area contributed by atoms with Crippen molar-refractivity contribution in [2.45, 2.75) is 13.8 Å². The molecule has 0 amide bonds. The zero-order chi connectivity index (χ0) is 11.0. The summed E-state index contributed by atoms with van der Waals surface area (Å²) in [6.45, 7) is 3.33. The number of aromatic nitrogens is 2. The second-order valence-corrected chi connectivity index (χ2v) is 3.30. The smallest absolute Gasteiger partial charge is 0.257 e. The highest BCUT2D eigenvalue weighted by Crippen LogP contribution is 2.21. The Kier molecular flexibility index (Phi) is 2.07. The molecule has 0 aliphatic carbocycles. The van der Waals surface area contributed by atoms with Crippen LogP contribution in [0.2, 0.25) is 0 Å². The van der Waals surface area contributed by atoms with Gasteiger partial charge in [-0.25, -0.2) is 0 Å². The molecule has 2 aromatic rings. The van der Waals surface area contributed by atoms with Crippen molar-refractivity contribution in [2.75, 3.05) is 0 Å². The van der Waals surface area contributed by atoms with E-state index in [9.17, 15) is 9.90 Å². The van der Waals surface area contributed by atoms with Gasteiger partial charge < -0.3 is 14.5 Å². The first-order valence-electron chi connectivity index (χ1n) is 4.44. The summed E-state index contributed by atoms with van der Waals surface area (Å²) >= 11 is 0. The molecule has 0 radical (unpaired) electrons. The Labute approximate surface area is 85.4 Å². The van der Waals surface area contributed by atoms with Gasteiger partial charge in [0, 0.05) is 0 Å². The third-order valence-electron chi connectivity index (χ3n) is 2.20. The van der Waals surface area contributed by atoms with Crippen LogP contribution >= 0.6 is 0 Å². The average Bonchev–Trinajstić information content (AvgIpc) is 2.60. The van der Waals surface area contributed by atoms with Crippen LogP contribution in [0.3, 0.4) is 0 Å². The number of aryl methyl sites for hydroxylation is 1. The van der Waals surface area contributed by atoms with E-state index in [0.717, 1.165) is 5.56 Å². The van der Waals surface area contributed by atoms with E-state index in [0.29, 0.717) is 5.76 Å². The fourth-order valence-electron chi connectivity index (χ4n) is 1.24. The highest BCUT2D eigenvalue weighted by atomic mass is 16.3. The van der Waals surface area contributed by atoms with Crippen LogP contribution in [-0.2, 0) is 0 Å². The number of hydrogen-bond donors (Lipinski definition) is 2. The third kappa shape index (κ3) is 1.52.